The van der Waals surface area contributed by atoms with Crippen molar-refractivity contribution < 1.29 is 17.3 Å². The maximum Gasteiger partial charge on any atom is 0.270 e. The van der Waals surface area contributed by atoms with E-state index in [4.69, 9.17) is 8.92 Å². The minimum absolute atomic E-state index is 0.0243. The van der Waals surface area contributed by atoms with Gasteiger partial charge in [0.2, 0.25) is 0 Å². The van der Waals surface area contributed by atoms with Crippen molar-refractivity contribution in [3.63, 3.8) is 0 Å². The van der Waals surface area contributed by atoms with Crippen molar-refractivity contribution in [2.24, 2.45) is 5.41 Å². The van der Waals surface area contributed by atoms with Crippen LogP contribution in [0.1, 0.15) is 62.5 Å². The highest BCUT2D eigenvalue weighted by atomic mass is 32.2. The molecule has 0 bridgehead atoms. The van der Waals surface area contributed by atoms with E-state index in [1.165, 1.54) is 11.1 Å². The second-order valence-electron chi connectivity index (χ2n) is 8.31. The Morgan fingerprint density at radius 1 is 0.966 bits per heavy atom. The third kappa shape index (κ3) is 3.76. The molecule has 156 valence electrons. The molecular formula is C24H30O4S. The Bertz CT molecular complexity index is 859. The fourth-order valence-corrected chi connectivity index (χ4v) is 6.79. The van der Waals surface area contributed by atoms with Gasteiger partial charge in [-0.1, -0.05) is 74.0 Å². The molecule has 2 atom stereocenters. The summed E-state index contributed by atoms with van der Waals surface area (Å²) in [6.07, 6.45) is 4.63. The van der Waals surface area contributed by atoms with Crippen LogP contribution in [0.3, 0.4) is 0 Å². The Labute approximate surface area is 174 Å². The van der Waals surface area contributed by atoms with Crippen LogP contribution in [0.4, 0.5) is 0 Å². The molecule has 2 aliphatic rings. The van der Waals surface area contributed by atoms with Crippen LogP contribution in [-0.4, -0.2) is 26.6 Å². The van der Waals surface area contributed by atoms with Crippen LogP contribution in [0, 0.1) is 5.41 Å². The molecular weight excluding hydrogens is 384 g/mol. The van der Waals surface area contributed by atoms with Crippen LogP contribution in [0.25, 0.3) is 0 Å². The van der Waals surface area contributed by atoms with Crippen molar-refractivity contribution in [2.45, 2.75) is 57.2 Å². The summed E-state index contributed by atoms with van der Waals surface area (Å²) in [4.78, 5) is 0. The highest BCUT2D eigenvalue weighted by molar-refractivity contribution is 7.86. The molecule has 4 nitrogen and oxygen atoms in total. The standard InChI is InChI=1S/C24H30O4S/c1-2-3-19-29(25,26)28-24-16-10-15-23(24,17-18-27-24)22(20-11-6-4-7-12-20)21-13-8-5-9-14-21/h4-9,11-14,22H,2-3,10,15-19H2,1H3. The third-order valence-corrected chi connectivity index (χ3v) is 7.91. The van der Waals surface area contributed by atoms with E-state index in [2.05, 4.69) is 24.3 Å². The number of hydrogen-bond donors (Lipinski definition) is 0. The molecule has 1 saturated carbocycles. The molecule has 2 unspecified atom stereocenters. The zero-order valence-corrected chi connectivity index (χ0v) is 17.9. The van der Waals surface area contributed by atoms with E-state index in [9.17, 15) is 8.42 Å². The van der Waals surface area contributed by atoms with E-state index < -0.39 is 21.3 Å². The molecule has 0 aromatic heterocycles. The Kier molecular flexibility index (Phi) is 5.83. The van der Waals surface area contributed by atoms with Crippen molar-refractivity contribution in [1.29, 1.82) is 0 Å². The van der Waals surface area contributed by atoms with Crippen LogP contribution >= 0.6 is 0 Å². The van der Waals surface area contributed by atoms with Crippen LogP contribution in [-0.2, 0) is 19.0 Å². The number of unbranched alkanes of at least 4 members (excludes halogenated alkanes) is 1. The van der Waals surface area contributed by atoms with Gasteiger partial charge in [-0.15, -0.1) is 0 Å². The summed E-state index contributed by atoms with van der Waals surface area (Å²) in [7, 11) is -3.65. The predicted molar refractivity (Wildman–Crippen MR) is 114 cm³/mol. The molecule has 5 heteroatoms. The highest BCUT2D eigenvalue weighted by Crippen LogP contribution is 2.64. The third-order valence-electron chi connectivity index (χ3n) is 6.60. The lowest BCUT2D eigenvalue weighted by Gasteiger charge is -2.44. The normalized spacial score (nSPS) is 26.7. The maximum atomic E-state index is 12.8. The Morgan fingerprint density at radius 3 is 2.17 bits per heavy atom. The minimum atomic E-state index is -3.65. The molecule has 2 aromatic carbocycles. The summed E-state index contributed by atoms with van der Waals surface area (Å²) in [5.74, 6) is -1.00. The quantitative estimate of drug-likeness (QED) is 0.554. The van der Waals surface area contributed by atoms with Crippen LogP contribution in [0.15, 0.2) is 60.7 Å². The molecule has 1 aliphatic carbocycles. The molecule has 0 amide bonds. The summed E-state index contributed by atoms with van der Waals surface area (Å²) in [6, 6.07) is 20.8. The number of benzene rings is 2. The molecule has 2 fully saturated rings. The second kappa shape index (κ2) is 8.21. The first-order chi connectivity index (χ1) is 14.0. The van der Waals surface area contributed by atoms with E-state index in [0.717, 1.165) is 25.7 Å². The molecule has 0 radical (unpaired) electrons. The lowest BCUT2D eigenvalue weighted by atomic mass is 9.64. The lowest BCUT2D eigenvalue weighted by Crippen LogP contribution is -2.48. The first-order valence-electron chi connectivity index (χ1n) is 10.7. The van der Waals surface area contributed by atoms with E-state index in [-0.39, 0.29) is 11.7 Å². The van der Waals surface area contributed by atoms with E-state index in [0.29, 0.717) is 19.4 Å². The highest BCUT2D eigenvalue weighted by Gasteiger charge is 2.66. The molecule has 1 saturated heterocycles. The van der Waals surface area contributed by atoms with Gasteiger partial charge in [0.1, 0.15) is 0 Å². The topological polar surface area (TPSA) is 52.6 Å². The van der Waals surface area contributed by atoms with Crippen LogP contribution in [0.2, 0.25) is 0 Å². The Balaban J connectivity index is 1.80. The van der Waals surface area contributed by atoms with Gasteiger partial charge in [-0.2, -0.15) is 8.42 Å². The largest absolute Gasteiger partial charge is 0.348 e. The average Bonchev–Trinajstić information content (AvgIpc) is 3.22. The average molecular weight is 415 g/mol. The van der Waals surface area contributed by atoms with Crippen molar-refractivity contribution >= 4 is 10.1 Å². The maximum absolute atomic E-state index is 12.8. The lowest BCUT2D eigenvalue weighted by molar-refractivity contribution is -0.192. The van der Waals surface area contributed by atoms with Gasteiger partial charge in [-0.05, 0) is 36.8 Å². The number of ether oxygens (including phenoxy) is 1. The van der Waals surface area contributed by atoms with Crippen LogP contribution < -0.4 is 0 Å². The molecule has 1 heterocycles. The fraction of sp³-hybridized carbons (Fsp3) is 0.500. The van der Waals surface area contributed by atoms with E-state index in [1.807, 2.05) is 43.3 Å². The van der Waals surface area contributed by atoms with Gasteiger partial charge in [0.05, 0.1) is 12.4 Å². The zero-order chi connectivity index (χ0) is 20.4. The molecule has 29 heavy (non-hydrogen) atoms. The van der Waals surface area contributed by atoms with E-state index in [1.54, 1.807) is 0 Å². The zero-order valence-electron chi connectivity index (χ0n) is 17.0. The molecule has 0 N–H and O–H groups in total. The summed E-state index contributed by atoms with van der Waals surface area (Å²) >= 11 is 0. The first kappa shape index (κ1) is 20.6. The van der Waals surface area contributed by atoms with Crippen molar-refractivity contribution in [3.8, 4) is 0 Å². The first-order valence-corrected chi connectivity index (χ1v) is 12.3. The van der Waals surface area contributed by atoms with Crippen LogP contribution in [0.5, 0.6) is 0 Å². The van der Waals surface area contributed by atoms with Gasteiger partial charge in [-0.3, -0.25) is 0 Å². The Morgan fingerprint density at radius 2 is 1.59 bits per heavy atom. The monoisotopic (exact) mass is 414 g/mol. The van der Waals surface area contributed by atoms with Crippen molar-refractivity contribution in [2.75, 3.05) is 12.4 Å². The van der Waals surface area contributed by atoms with Gasteiger partial charge in [0, 0.05) is 17.8 Å². The molecule has 1 aliphatic heterocycles. The molecule has 0 spiro atoms. The summed E-state index contributed by atoms with van der Waals surface area (Å²) in [5.41, 5.74) is 1.98. The van der Waals surface area contributed by atoms with Crippen molar-refractivity contribution in [1.82, 2.24) is 0 Å². The van der Waals surface area contributed by atoms with Gasteiger partial charge in [0.25, 0.3) is 10.1 Å². The van der Waals surface area contributed by atoms with E-state index >= 15 is 0 Å². The number of fused-ring (bicyclic) bond motifs is 1. The predicted octanol–water partition coefficient (Wildman–Crippen LogP) is 5.25. The summed E-state index contributed by atoms with van der Waals surface area (Å²) < 4.78 is 37.8. The SMILES string of the molecule is CCCCS(=O)(=O)OC12CCCC1(C(c1ccccc1)c1ccccc1)CCO2. The Hall–Kier alpha value is -1.69. The number of rotatable bonds is 8. The smallest absolute Gasteiger partial charge is 0.270 e. The van der Waals surface area contributed by atoms with Gasteiger partial charge in [0.15, 0.2) is 5.79 Å². The molecule has 2 aromatic rings. The van der Waals surface area contributed by atoms with Gasteiger partial charge in [-0.25, -0.2) is 4.18 Å². The van der Waals surface area contributed by atoms with Gasteiger partial charge >= 0.3 is 0 Å². The fourth-order valence-electron chi connectivity index (χ4n) is 5.35. The second-order valence-corrected chi connectivity index (χ2v) is 10.0. The van der Waals surface area contributed by atoms with Crippen molar-refractivity contribution in [3.05, 3.63) is 71.8 Å². The summed E-state index contributed by atoms with van der Waals surface area (Å²) in [6.45, 7) is 2.51. The minimum Gasteiger partial charge on any atom is -0.348 e. The molecule has 4 rings (SSSR count). The number of hydrogen-bond acceptors (Lipinski definition) is 4. The summed E-state index contributed by atoms with van der Waals surface area (Å²) in [5, 5.41) is 0. The van der Waals surface area contributed by atoms with Gasteiger partial charge < -0.3 is 4.74 Å².